The highest BCUT2D eigenvalue weighted by atomic mass is 16.5. The smallest absolute Gasteiger partial charge is 0.110 e. The average Bonchev–Trinajstić information content (AvgIpc) is 2.41. The minimum atomic E-state index is 0.319. The van der Waals surface area contributed by atoms with Gasteiger partial charge in [0.15, 0.2) is 0 Å². The molecule has 2 atom stereocenters. The normalized spacial score (nSPS) is 20.7. The number of allylic oxidation sites excluding steroid dienone is 1. The molecule has 0 saturated heterocycles. The minimum Gasteiger partial charge on any atom is -0.497 e. The fraction of sp³-hybridized carbons (Fsp3) is 0.500. The molecule has 98 valence electrons. The van der Waals surface area contributed by atoms with E-state index in [9.17, 15) is 0 Å². The van der Waals surface area contributed by atoms with Crippen LogP contribution < -0.4 is 5.32 Å². The van der Waals surface area contributed by atoms with E-state index in [1.54, 1.807) is 0 Å². The first kappa shape index (κ1) is 13.2. The van der Waals surface area contributed by atoms with Gasteiger partial charge < -0.3 is 10.1 Å². The van der Waals surface area contributed by atoms with Crippen LogP contribution >= 0.6 is 0 Å². The highest BCUT2D eigenvalue weighted by Gasteiger charge is 2.18. The van der Waals surface area contributed by atoms with Crippen LogP contribution in [0.15, 0.2) is 42.7 Å². The molecule has 2 nitrogen and oxygen atoms in total. The number of hydrogen-bond acceptors (Lipinski definition) is 2. The Morgan fingerprint density at radius 3 is 2.67 bits per heavy atom. The van der Waals surface area contributed by atoms with E-state index in [1.807, 2.05) is 6.26 Å². The summed E-state index contributed by atoms with van der Waals surface area (Å²) in [5.74, 6) is 0.575. The summed E-state index contributed by atoms with van der Waals surface area (Å²) in [4.78, 5) is 0. The predicted octanol–water partition coefficient (Wildman–Crippen LogP) is 3.67. The van der Waals surface area contributed by atoms with Crippen molar-refractivity contribution in [2.24, 2.45) is 5.92 Å². The van der Waals surface area contributed by atoms with Gasteiger partial charge in [0.25, 0.3) is 0 Å². The van der Waals surface area contributed by atoms with E-state index in [1.165, 1.54) is 5.56 Å². The number of benzene rings is 1. The Hall–Kier alpha value is -1.28. The zero-order chi connectivity index (χ0) is 12.8. The number of ether oxygens (including phenoxy) is 1. The van der Waals surface area contributed by atoms with Gasteiger partial charge in [0, 0.05) is 12.6 Å². The Bertz CT molecular complexity index is 372. The van der Waals surface area contributed by atoms with Crippen molar-refractivity contribution in [3.8, 4) is 0 Å². The van der Waals surface area contributed by atoms with Crippen molar-refractivity contribution < 1.29 is 4.74 Å². The van der Waals surface area contributed by atoms with Crippen LogP contribution in [0.2, 0.25) is 0 Å². The summed E-state index contributed by atoms with van der Waals surface area (Å²) < 4.78 is 5.60. The second-order valence-electron chi connectivity index (χ2n) is 5.25. The number of hydrogen-bond donors (Lipinski definition) is 1. The molecule has 0 fully saturated rings. The zero-order valence-electron chi connectivity index (χ0n) is 11.3. The van der Waals surface area contributed by atoms with Crippen molar-refractivity contribution in [2.45, 2.75) is 38.8 Å². The molecule has 0 radical (unpaired) electrons. The molecular formula is C16H23NO. The SMILES string of the molecule is CC(C)C(NCC1CCC=CO1)c1ccccc1. The van der Waals surface area contributed by atoms with E-state index in [4.69, 9.17) is 4.74 Å². The predicted molar refractivity (Wildman–Crippen MR) is 75.3 cm³/mol. The zero-order valence-corrected chi connectivity index (χ0v) is 11.3. The van der Waals surface area contributed by atoms with E-state index in [0.29, 0.717) is 18.1 Å². The van der Waals surface area contributed by atoms with Crippen molar-refractivity contribution in [1.82, 2.24) is 5.32 Å². The van der Waals surface area contributed by atoms with Crippen LogP contribution in [0.3, 0.4) is 0 Å². The van der Waals surface area contributed by atoms with E-state index in [0.717, 1.165) is 19.4 Å². The minimum absolute atomic E-state index is 0.319. The second-order valence-corrected chi connectivity index (χ2v) is 5.25. The van der Waals surface area contributed by atoms with Gasteiger partial charge in [-0.15, -0.1) is 0 Å². The van der Waals surface area contributed by atoms with Crippen LogP contribution in [0, 0.1) is 5.92 Å². The average molecular weight is 245 g/mol. The van der Waals surface area contributed by atoms with Crippen molar-refractivity contribution in [3.63, 3.8) is 0 Å². The van der Waals surface area contributed by atoms with Crippen LogP contribution in [-0.2, 0) is 4.74 Å². The molecule has 0 aromatic heterocycles. The van der Waals surface area contributed by atoms with Gasteiger partial charge in [-0.2, -0.15) is 0 Å². The molecule has 2 unspecified atom stereocenters. The van der Waals surface area contributed by atoms with Crippen LogP contribution in [-0.4, -0.2) is 12.6 Å². The van der Waals surface area contributed by atoms with Crippen LogP contribution in [0.25, 0.3) is 0 Å². The molecule has 0 spiro atoms. The Balaban J connectivity index is 1.93. The maximum Gasteiger partial charge on any atom is 0.110 e. The summed E-state index contributed by atoms with van der Waals surface area (Å²) in [6, 6.07) is 11.1. The molecule has 0 amide bonds. The Morgan fingerprint density at radius 1 is 1.28 bits per heavy atom. The second kappa shape index (κ2) is 6.60. The molecule has 1 aliphatic heterocycles. The standard InChI is InChI=1S/C16H23NO/c1-13(2)16(14-8-4-3-5-9-14)17-12-15-10-6-7-11-18-15/h3-5,7-9,11,13,15-17H,6,10,12H2,1-2H3. The van der Waals surface area contributed by atoms with Crippen LogP contribution in [0.1, 0.15) is 38.3 Å². The van der Waals surface area contributed by atoms with E-state index in [-0.39, 0.29) is 0 Å². The number of rotatable bonds is 5. The largest absolute Gasteiger partial charge is 0.497 e. The summed E-state index contributed by atoms with van der Waals surface area (Å²) >= 11 is 0. The van der Waals surface area contributed by atoms with Gasteiger partial charge in [0.05, 0.1) is 6.26 Å². The molecule has 0 aliphatic carbocycles. The third-order valence-electron chi connectivity index (χ3n) is 3.41. The summed E-state index contributed by atoms with van der Waals surface area (Å²) in [6.45, 7) is 5.43. The molecule has 1 N–H and O–H groups in total. The maximum atomic E-state index is 5.60. The maximum absolute atomic E-state index is 5.60. The van der Waals surface area contributed by atoms with Crippen molar-refractivity contribution in [3.05, 3.63) is 48.2 Å². The monoisotopic (exact) mass is 245 g/mol. The molecule has 1 aromatic carbocycles. The molecule has 2 heteroatoms. The molecule has 1 aliphatic rings. The van der Waals surface area contributed by atoms with Gasteiger partial charge in [-0.05, 0) is 30.4 Å². The summed E-state index contributed by atoms with van der Waals surface area (Å²) in [5, 5.41) is 3.65. The van der Waals surface area contributed by atoms with Crippen molar-refractivity contribution in [2.75, 3.05) is 6.54 Å². The van der Waals surface area contributed by atoms with E-state index < -0.39 is 0 Å². The first-order valence-corrected chi connectivity index (χ1v) is 6.86. The summed E-state index contributed by atoms with van der Waals surface area (Å²) in [6.07, 6.45) is 6.49. The third-order valence-corrected chi connectivity index (χ3v) is 3.41. The van der Waals surface area contributed by atoms with Gasteiger partial charge in [0.2, 0.25) is 0 Å². The summed E-state index contributed by atoms with van der Waals surface area (Å²) in [5.41, 5.74) is 1.36. The number of nitrogens with one attached hydrogen (secondary N) is 1. The van der Waals surface area contributed by atoms with Crippen LogP contribution in [0.4, 0.5) is 0 Å². The lowest BCUT2D eigenvalue weighted by Crippen LogP contribution is -2.34. The first-order valence-electron chi connectivity index (χ1n) is 6.86. The Morgan fingerprint density at radius 2 is 2.06 bits per heavy atom. The Labute approximate surface area is 110 Å². The topological polar surface area (TPSA) is 21.3 Å². The van der Waals surface area contributed by atoms with Crippen molar-refractivity contribution >= 4 is 0 Å². The van der Waals surface area contributed by atoms with Gasteiger partial charge in [-0.1, -0.05) is 44.2 Å². The molecule has 0 saturated carbocycles. The highest BCUT2D eigenvalue weighted by Crippen LogP contribution is 2.21. The quantitative estimate of drug-likeness (QED) is 0.854. The molecular weight excluding hydrogens is 222 g/mol. The van der Waals surface area contributed by atoms with Gasteiger partial charge in [0.1, 0.15) is 6.10 Å². The van der Waals surface area contributed by atoms with Gasteiger partial charge in [-0.3, -0.25) is 0 Å². The molecule has 1 aromatic rings. The lowest BCUT2D eigenvalue weighted by molar-refractivity contribution is 0.117. The lowest BCUT2D eigenvalue weighted by Gasteiger charge is -2.27. The summed E-state index contributed by atoms with van der Waals surface area (Å²) in [7, 11) is 0. The van der Waals surface area contributed by atoms with Gasteiger partial charge >= 0.3 is 0 Å². The Kier molecular flexibility index (Phi) is 4.82. The highest BCUT2D eigenvalue weighted by molar-refractivity contribution is 5.19. The third kappa shape index (κ3) is 3.61. The van der Waals surface area contributed by atoms with Crippen molar-refractivity contribution in [1.29, 1.82) is 0 Å². The molecule has 2 rings (SSSR count). The van der Waals surface area contributed by atoms with E-state index >= 15 is 0 Å². The fourth-order valence-corrected chi connectivity index (χ4v) is 2.39. The fourth-order valence-electron chi connectivity index (χ4n) is 2.39. The van der Waals surface area contributed by atoms with E-state index in [2.05, 4.69) is 55.6 Å². The van der Waals surface area contributed by atoms with Crippen LogP contribution in [0.5, 0.6) is 0 Å². The molecule has 0 bridgehead atoms. The van der Waals surface area contributed by atoms with Gasteiger partial charge in [-0.25, -0.2) is 0 Å². The first-order chi connectivity index (χ1) is 8.77. The molecule has 18 heavy (non-hydrogen) atoms. The molecule has 1 heterocycles. The lowest BCUT2D eigenvalue weighted by atomic mass is 9.96.